The fourth-order valence-corrected chi connectivity index (χ4v) is 2.97. The molecule has 0 saturated carbocycles. The van der Waals surface area contributed by atoms with Gasteiger partial charge >= 0.3 is 11.6 Å². The number of benzene rings is 2. The lowest BCUT2D eigenvalue weighted by Crippen LogP contribution is -2.27. The molecule has 2 aromatic carbocycles. The fourth-order valence-electron chi connectivity index (χ4n) is 2.52. The molecule has 0 unspecified atom stereocenters. The smallest absolute Gasteiger partial charge is 0.346 e. The molecule has 140 valence electrons. The van der Waals surface area contributed by atoms with Crippen LogP contribution in [0.5, 0.6) is 5.95 Å². The molecule has 1 heterocycles. The summed E-state index contributed by atoms with van der Waals surface area (Å²) in [7, 11) is 0. The molecule has 1 aromatic heterocycles. The van der Waals surface area contributed by atoms with Gasteiger partial charge in [-0.3, -0.25) is 0 Å². The first-order valence-corrected chi connectivity index (χ1v) is 9.35. The molecule has 3 aromatic rings. The summed E-state index contributed by atoms with van der Waals surface area (Å²) in [4.78, 5) is 12.3. The molecule has 0 atom stereocenters. The highest BCUT2D eigenvalue weighted by atomic mass is 35.5. The minimum absolute atomic E-state index is 0.0526. The average Bonchev–Trinajstić information content (AvgIpc) is 2.69. The molecule has 3 rings (SSSR count). The van der Waals surface area contributed by atoms with Gasteiger partial charge in [0, 0.05) is 17.6 Å². The Bertz CT molecular complexity index is 1010. The van der Waals surface area contributed by atoms with Crippen LogP contribution in [0.15, 0.2) is 57.7 Å². The lowest BCUT2D eigenvalue weighted by molar-refractivity contribution is 0.233. The Morgan fingerprint density at radius 3 is 2.70 bits per heavy atom. The number of anilines is 1. The zero-order valence-corrected chi connectivity index (χ0v) is 16.3. The van der Waals surface area contributed by atoms with Crippen molar-refractivity contribution < 1.29 is 9.15 Å². The summed E-state index contributed by atoms with van der Waals surface area (Å²) in [6.07, 6.45) is 0.786. The number of halogens is 1. The summed E-state index contributed by atoms with van der Waals surface area (Å²) in [5.74, 6) is 0.0526. The van der Waals surface area contributed by atoms with Gasteiger partial charge in [-0.1, -0.05) is 54.9 Å². The van der Waals surface area contributed by atoms with E-state index in [0.29, 0.717) is 34.7 Å². The zero-order valence-electron chi connectivity index (χ0n) is 14.8. The number of nitrogens with one attached hydrogen (secondary N) is 2. The summed E-state index contributed by atoms with van der Waals surface area (Å²) >= 11 is 11.6. The molecule has 0 aliphatic rings. The lowest BCUT2D eigenvalue weighted by Gasteiger charge is -2.12. The van der Waals surface area contributed by atoms with Crippen molar-refractivity contribution >= 4 is 45.4 Å². The molecule has 0 aliphatic carbocycles. The van der Waals surface area contributed by atoms with Gasteiger partial charge in [-0.05, 0) is 36.3 Å². The molecule has 2 N–H and O–H groups in total. The lowest BCUT2D eigenvalue weighted by atomic mass is 10.1. The Labute approximate surface area is 167 Å². The highest BCUT2D eigenvalue weighted by Crippen LogP contribution is 2.31. The molecule has 0 spiro atoms. The summed E-state index contributed by atoms with van der Waals surface area (Å²) in [6, 6.07) is 15.1. The van der Waals surface area contributed by atoms with Crippen LogP contribution in [-0.2, 0) is 6.54 Å². The molecule has 27 heavy (non-hydrogen) atoms. The van der Waals surface area contributed by atoms with Gasteiger partial charge in [0.05, 0.1) is 12.0 Å². The van der Waals surface area contributed by atoms with Crippen molar-refractivity contribution in [2.45, 2.75) is 19.9 Å². The quantitative estimate of drug-likeness (QED) is 0.581. The minimum Gasteiger partial charge on any atom is -0.464 e. The maximum atomic E-state index is 12.3. The van der Waals surface area contributed by atoms with Crippen LogP contribution in [0.2, 0.25) is 5.02 Å². The molecule has 7 heteroatoms. The van der Waals surface area contributed by atoms with E-state index in [1.54, 1.807) is 18.2 Å². The maximum Gasteiger partial charge on any atom is 0.346 e. The standard InChI is InChI=1S/C20H19ClN2O3S/c1-2-10-25-19-17(21)15-9-8-14(11-16(15)18(24)26-19)23-20(27)22-12-13-6-4-3-5-7-13/h3-9,11H,2,10,12H2,1H3,(H2,22,23,27). The first-order chi connectivity index (χ1) is 13.1. The first-order valence-electron chi connectivity index (χ1n) is 8.56. The van der Waals surface area contributed by atoms with Crippen LogP contribution < -0.4 is 21.0 Å². The van der Waals surface area contributed by atoms with Gasteiger partial charge < -0.3 is 19.8 Å². The molecule has 0 radical (unpaired) electrons. The van der Waals surface area contributed by atoms with Crippen molar-refractivity contribution in [1.29, 1.82) is 0 Å². The number of hydrogen-bond acceptors (Lipinski definition) is 4. The van der Waals surface area contributed by atoms with Gasteiger partial charge in [-0.15, -0.1) is 0 Å². The van der Waals surface area contributed by atoms with E-state index in [-0.39, 0.29) is 11.0 Å². The summed E-state index contributed by atoms with van der Waals surface area (Å²) in [5, 5.41) is 7.87. The largest absolute Gasteiger partial charge is 0.464 e. The van der Waals surface area contributed by atoms with Crippen molar-refractivity contribution in [3.8, 4) is 5.95 Å². The number of fused-ring (bicyclic) bond motifs is 1. The van der Waals surface area contributed by atoms with Crippen LogP contribution in [0, 0.1) is 0 Å². The van der Waals surface area contributed by atoms with Crippen LogP contribution in [0.25, 0.3) is 10.8 Å². The van der Waals surface area contributed by atoms with E-state index in [1.807, 2.05) is 37.3 Å². The normalized spacial score (nSPS) is 10.6. The van der Waals surface area contributed by atoms with Crippen LogP contribution in [0.4, 0.5) is 5.69 Å². The third-order valence-electron chi connectivity index (χ3n) is 3.83. The predicted molar refractivity (Wildman–Crippen MR) is 113 cm³/mol. The van der Waals surface area contributed by atoms with Crippen molar-refractivity contribution in [2.75, 3.05) is 11.9 Å². The molecule has 0 fully saturated rings. The summed E-state index contributed by atoms with van der Waals surface area (Å²) < 4.78 is 10.6. The third-order valence-corrected chi connectivity index (χ3v) is 4.44. The number of ether oxygens (including phenoxy) is 1. The van der Waals surface area contributed by atoms with Gasteiger partial charge in [0.25, 0.3) is 0 Å². The van der Waals surface area contributed by atoms with Crippen LogP contribution in [0.1, 0.15) is 18.9 Å². The SMILES string of the molecule is CCCOc1oc(=O)c2cc(NC(=S)NCc3ccccc3)ccc2c1Cl. The van der Waals surface area contributed by atoms with Gasteiger partial charge in [0.1, 0.15) is 5.02 Å². The van der Waals surface area contributed by atoms with Crippen LogP contribution >= 0.6 is 23.8 Å². The number of hydrogen-bond donors (Lipinski definition) is 2. The highest BCUT2D eigenvalue weighted by molar-refractivity contribution is 7.80. The fraction of sp³-hybridized carbons (Fsp3) is 0.200. The van der Waals surface area contributed by atoms with Gasteiger partial charge in [-0.25, -0.2) is 4.79 Å². The maximum absolute atomic E-state index is 12.3. The first kappa shape index (κ1) is 19.2. The van der Waals surface area contributed by atoms with Crippen LogP contribution in [0.3, 0.4) is 0 Å². The van der Waals surface area contributed by atoms with Gasteiger partial charge in [-0.2, -0.15) is 0 Å². The van der Waals surface area contributed by atoms with E-state index >= 15 is 0 Å². The van der Waals surface area contributed by atoms with E-state index in [1.165, 1.54) is 0 Å². The Kier molecular flexibility index (Phi) is 6.32. The molecular weight excluding hydrogens is 384 g/mol. The van der Waals surface area contributed by atoms with E-state index in [0.717, 1.165) is 12.0 Å². The third kappa shape index (κ3) is 4.78. The van der Waals surface area contributed by atoms with E-state index in [9.17, 15) is 4.79 Å². The van der Waals surface area contributed by atoms with Crippen molar-refractivity contribution in [3.05, 3.63) is 69.5 Å². The number of thiocarbonyl (C=S) groups is 1. The second-order valence-corrected chi connectivity index (χ2v) is 6.68. The van der Waals surface area contributed by atoms with E-state index in [2.05, 4.69) is 10.6 Å². The second kappa shape index (κ2) is 8.88. The Hall–Kier alpha value is -2.57. The van der Waals surface area contributed by atoms with Gasteiger partial charge in [0.15, 0.2) is 5.11 Å². The second-order valence-electron chi connectivity index (χ2n) is 5.89. The molecule has 0 saturated heterocycles. The molecule has 0 amide bonds. The molecular formula is C20H19ClN2O3S. The predicted octanol–water partition coefficient (Wildman–Crippen LogP) is 4.72. The zero-order chi connectivity index (χ0) is 19.2. The Morgan fingerprint density at radius 2 is 1.96 bits per heavy atom. The number of rotatable bonds is 6. The molecule has 0 bridgehead atoms. The van der Waals surface area contributed by atoms with Crippen molar-refractivity contribution in [1.82, 2.24) is 5.32 Å². The summed E-state index contributed by atoms with van der Waals surface area (Å²) in [6.45, 7) is 2.99. The molecule has 5 nitrogen and oxygen atoms in total. The van der Waals surface area contributed by atoms with E-state index < -0.39 is 5.63 Å². The van der Waals surface area contributed by atoms with Crippen molar-refractivity contribution in [2.24, 2.45) is 0 Å². The highest BCUT2D eigenvalue weighted by Gasteiger charge is 2.14. The van der Waals surface area contributed by atoms with Crippen molar-refractivity contribution in [3.63, 3.8) is 0 Å². The van der Waals surface area contributed by atoms with E-state index in [4.69, 9.17) is 33.0 Å². The Morgan fingerprint density at radius 1 is 1.19 bits per heavy atom. The van der Waals surface area contributed by atoms with Crippen LogP contribution in [-0.4, -0.2) is 11.7 Å². The molecule has 0 aliphatic heterocycles. The average molecular weight is 403 g/mol. The topological polar surface area (TPSA) is 63.5 Å². The summed E-state index contributed by atoms with van der Waals surface area (Å²) in [5.41, 5.74) is 1.28. The monoisotopic (exact) mass is 402 g/mol. The van der Waals surface area contributed by atoms with Gasteiger partial charge in [0.2, 0.25) is 0 Å². The Balaban J connectivity index is 1.75. The minimum atomic E-state index is -0.507.